The van der Waals surface area contributed by atoms with Gasteiger partial charge in [-0.15, -0.1) is 0 Å². The number of rotatable bonds is 5. The van der Waals surface area contributed by atoms with Crippen molar-refractivity contribution in [2.24, 2.45) is 0 Å². The highest BCUT2D eigenvalue weighted by Crippen LogP contribution is 2.27. The minimum atomic E-state index is -0.0450. The van der Waals surface area contributed by atoms with Crippen molar-refractivity contribution in [3.05, 3.63) is 16.5 Å². The van der Waals surface area contributed by atoms with E-state index in [2.05, 4.69) is 70.9 Å². The summed E-state index contributed by atoms with van der Waals surface area (Å²) >= 11 is 3.47. The van der Waals surface area contributed by atoms with Crippen LogP contribution in [0.5, 0.6) is 0 Å². The molecule has 1 heterocycles. The van der Waals surface area contributed by atoms with E-state index in [4.69, 9.17) is 0 Å². The van der Waals surface area contributed by atoms with E-state index in [0.717, 1.165) is 28.8 Å². The number of nitrogens with one attached hydrogen (secondary N) is 1. The van der Waals surface area contributed by atoms with Crippen LogP contribution in [0.15, 0.2) is 10.7 Å². The highest BCUT2D eigenvalue weighted by molar-refractivity contribution is 9.10. The summed E-state index contributed by atoms with van der Waals surface area (Å²) in [6.07, 6.45) is 2.68. The van der Waals surface area contributed by atoms with Gasteiger partial charge in [0.25, 0.3) is 0 Å². The summed E-state index contributed by atoms with van der Waals surface area (Å²) in [5.41, 5.74) is -0.0450. The number of hydrogen-bond donors (Lipinski definition) is 1. The van der Waals surface area contributed by atoms with Crippen LogP contribution < -0.4 is 5.32 Å². The molecule has 2 rings (SSSR count). The van der Waals surface area contributed by atoms with E-state index < -0.39 is 0 Å². The smallest absolute Gasteiger partial charge is 0.137 e. The van der Waals surface area contributed by atoms with Crippen molar-refractivity contribution in [1.29, 1.82) is 0 Å². The Morgan fingerprint density at radius 2 is 2.05 bits per heavy atom. The molecule has 0 amide bonds. The highest BCUT2D eigenvalue weighted by atomic mass is 79.9. The Kier molecular flexibility index (Phi) is 4.69. The molecule has 0 radical (unpaired) electrons. The molecule has 0 aromatic carbocycles. The topological polar surface area (TPSA) is 41.1 Å². The van der Waals surface area contributed by atoms with Crippen molar-refractivity contribution in [2.75, 3.05) is 18.9 Å². The minimum absolute atomic E-state index is 0.0450. The fourth-order valence-corrected chi connectivity index (χ4v) is 2.47. The standard InChI is InChI=1S/C15H25BrN4/c1-10(20(5)11-6-7-11)9-17-13-8-12(16)18-14(19-13)15(2,3)4/h8,10-11H,6-7,9H2,1-5H3,(H,17,18,19). The summed E-state index contributed by atoms with van der Waals surface area (Å²) in [7, 11) is 2.21. The third-order valence-corrected chi connectivity index (χ3v) is 4.17. The van der Waals surface area contributed by atoms with Crippen LogP contribution >= 0.6 is 15.9 Å². The van der Waals surface area contributed by atoms with Crippen molar-refractivity contribution in [2.45, 2.75) is 58.0 Å². The monoisotopic (exact) mass is 340 g/mol. The summed E-state index contributed by atoms with van der Waals surface area (Å²) in [6, 6.07) is 3.24. The van der Waals surface area contributed by atoms with Crippen LogP contribution in [-0.4, -0.2) is 40.5 Å². The molecule has 1 fully saturated rings. The Labute approximate surface area is 130 Å². The SMILES string of the molecule is CC(CNc1cc(Br)nc(C(C)(C)C)n1)N(C)C1CC1. The average Bonchev–Trinajstić information content (AvgIpc) is 3.17. The van der Waals surface area contributed by atoms with E-state index >= 15 is 0 Å². The van der Waals surface area contributed by atoms with Crippen LogP contribution in [0.4, 0.5) is 5.82 Å². The van der Waals surface area contributed by atoms with E-state index in [0.29, 0.717) is 6.04 Å². The molecule has 1 atom stereocenters. The molecule has 1 saturated carbocycles. The Balaban J connectivity index is 2.00. The van der Waals surface area contributed by atoms with Crippen LogP contribution in [-0.2, 0) is 5.41 Å². The second-order valence-corrected chi connectivity index (χ2v) is 7.59. The second kappa shape index (κ2) is 5.98. The van der Waals surface area contributed by atoms with Gasteiger partial charge in [0.05, 0.1) is 0 Å². The van der Waals surface area contributed by atoms with Crippen molar-refractivity contribution in [3.8, 4) is 0 Å². The quantitative estimate of drug-likeness (QED) is 0.833. The summed E-state index contributed by atoms with van der Waals surface area (Å²) < 4.78 is 0.836. The van der Waals surface area contributed by atoms with Gasteiger partial charge >= 0.3 is 0 Å². The third kappa shape index (κ3) is 4.16. The molecular formula is C15H25BrN4. The van der Waals surface area contributed by atoms with Crippen LogP contribution in [0.1, 0.15) is 46.4 Å². The molecule has 0 spiro atoms. The number of aromatic nitrogens is 2. The lowest BCUT2D eigenvalue weighted by Crippen LogP contribution is -2.36. The molecule has 5 heteroatoms. The molecule has 20 heavy (non-hydrogen) atoms. The van der Waals surface area contributed by atoms with Gasteiger partial charge in [0.1, 0.15) is 16.2 Å². The summed E-state index contributed by atoms with van der Waals surface area (Å²) in [5, 5.41) is 3.44. The largest absolute Gasteiger partial charge is 0.368 e. The normalized spacial score (nSPS) is 17.4. The van der Waals surface area contributed by atoms with Crippen LogP contribution in [0.25, 0.3) is 0 Å². The average molecular weight is 341 g/mol. The van der Waals surface area contributed by atoms with Crippen LogP contribution in [0.3, 0.4) is 0 Å². The van der Waals surface area contributed by atoms with Crippen molar-refractivity contribution in [3.63, 3.8) is 0 Å². The van der Waals surface area contributed by atoms with Crippen LogP contribution in [0, 0.1) is 0 Å². The van der Waals surface area contributed by atoms with Crippen molar-refractivity contribution >= 4 is 21.7 Å². The minimum Gasteiger partial charge on any atom is -0.368 e. The number of nitrogens with zero attached hydrogens (tertiary/aromatic N) is 3. The molecule has 4 nitrogen and oxygen atoms in total. The van der Waals surface area contributed by atoms with Gasteiger partial charge in [-0.2, -0.15) is 0 Å². The Morgan fingerprint density at radius 3 is 2.60 bits per heavy atom. The Morgan fingerprint density at radius 1 is 1.40 bits per heavy atom. The molecule has 1 aliphatic rings. The lowest BCUT2D eigenvalue weighted by atomic mass is 9.96. The summed E-state index contributed by atoms with van der Waals surface area (Å²) in [4.78, 5) is 11.5. The fraction of sp³-hybridized carbons (Fsp3) is 0.733. The summed E-state index contributed by atoms with van der Waals surface area (Å²) in [5.74, 6) is 1.76. The Hall–Kier alpha value is -0.680. The number of halogens is 1. The lowest BCUT2D eigenvalue weighted by molar-refractivity contribution is 0.257. The van der Waals surface area contributed by atoms with Gasteiger partial charge < -0.3 is 5.32 Å². The second-order valence-electron chi connectivity index (χ2n) is 6.78. The van der Waals surface area contributed by atoms with Gasteiger partial charge in [-0.3, -0.25) is 4.90 Å². The van der Waals surface area contributed by atoms with Gasteiger partial charge in [0.15, 0.2) is 0 Å². The molecule has 1 aromatic heterocycles. The number of anilines is 1. The maximum absolute atomic E-state index is 4.63. The lowest BCUT2D eigenvalue weighted by Gasteiger charge is -2.25. The molecular weight excluding hydrogens is 316 g/mol. The van der Waals surface area contributed by atoms with Gasteiger partial charge in [0, 0.05) is 30.1 Å². The molecule has 0 aliphatic heterocycles. The zero-order valence-corrected chi connectivity index (χ0v) is 14.7. The fourth-order valence-electron chi connectivity index (χ4n) is 2.08. The van der Waals surface area contributed by atoms with E-state index in [1.807, 2.05) is 6.07 Å². The van der Waals surface area contributed by atoms with E-state index in [1.165, 1.54) is 12.8 Å². The van der Waals surface area contributed by atoms with Crippen molar-refractivity contribution in [1.82, 2.24) is 14.9 Å². The first-order valence-electron chi connectivity index (χ1n) is 7.28. The first-order chi connectivity index (χ1) is 9.27. The predicted octanol–water partition coefficient (Wildman–Crippen LogP) is 3.43. The van der Waals surface area contributed by atoms with Gasteiger partial charge in [-0.25, -0.2) is 9.97 Å². The highest BCUT2D eigenvalue weighted by Gasteiger charge is 2.29. The molecule has 1 unspecified atom stereocenters. The zero-order valence-electron chi connectivity index (χ0n) is 13.1. The zero-order chi connectivity index (χ0) is 14.9. The van der Waals surface area contributed by atoms with Gasteiger partial charge in [-0.05, 0) is 42.7 Å². The maximum Gasteiger partial charge on any atom is 0.137 e. The van der Waals surface area contributed by atoms with E-state index in [-0.39, 0.29) is 5.41 Å². The van der Waals surface area contributed by atoms with Crippen LogP contribution in [0.2, 0.25) is 0 Å². The van der Waals surface area contributed by atoms with Gasteiger partial charge in [-0.1, -0.05) is 20.8 Å². The maximum atomic E-state index is 4.63. The molecule has 1 aromatic rings. The molecule has 112 valence electrons. The van der Waals surface area contributed by atoms with Gasteiger partial charge in [0.2, 0.25) is 0 Å². The molecule has 0 bridgehead atoms. The molecule has 1 N–H and O–H groups in total. The van der Waals surface area contributed by atoms with Crippen molar-refractivity contribution < 1.29 is 0 Å². The third-order valence-electron chi connectivity index (χ3n) is 3.76. The molecule has 1 aliphatic carbocycles. The van der Waals surface area contributed by atoms with E-state index in [9.17, 15) is 0 Å². The number of likely N-dealkylation sites (N-methyl/N-ethyl adjacent to an activating group) is 1. The predicted molar refractivity (Wildman–Crippen MR) is 87.2 cm³/mol. The first kappa shape index (κ1) is 15.7. The number of hydrogen-bond acceptors (Lipinski definition) is 4. The Bertz CT molecular complexity index is 465. The summed E-state index contributed by atoms with van der Waals surface area (Å²) in [6.45, 7) is 9.54. The molecule has 0 saturated heterocycles. The van der Waals surface area contributed by atoms with E-state index in [1.54, 1.807) is 0 Å². The first-order valence-corrected chi connectivity index (χ1v) is 8.07.